The Kier molecular flexibility index (Phi) is 6.86. The van der Waals surface area contributed by atoms with Crippen molar-refractivity contribution in [3.8, 4) is 11.5 Å². The molecule has 0 bridgehead atoms. The highest BCUT2D eigenvalue weighted by molar-refractivity contribution is 5.92. The minimum atomic E-state index is -0.0517. The standard InChI is InChI=1S/C21H25N3O4/c1-27-18-7-9-19(10-8-18)28-16-21(26)24-13-11-23(12-14-24)15-20(25)22-17-5-3-2-4-6-17/h2-10H,11-16H2,1H3,(H,22,25). The first-order valence-corrected chi connectivity index (χ1v) is 9.26. The zero-order valence-electron chi connectivity index (χ0n) is 16.0. The molecule has 0 aromatic heterocycles. The number of amides is 2. The van der Waals surface area contributed by atoms with E-state index < -0.39 is 0 Å². The summed E-state index contributed by atoms with van der Waals surface area (Å²) in [7, 11) is 1.60. The van der Waals surface area contributed by atoms with Crippen LogP contribution in [0.5, 0.6) is 11.5 Å². The molecule has 0 aliphatic carbocycles. The van der Waals surface area contributed by atoms with E-state index in [1.165, 1.54) is 0 Å². The van der Waals surface area contributed by atoms with Gasteiger partial charge in [-0.25, -0.2) is 0 Å². The SMILES string of the molecule is COc1ccc(OCC(=O)N2CCN(CC(=O)Nc3ccccc3)CC2)cc1. The fourth-order valence-electron chi connectivity index (χ4n) is 2.99. The Balaban J connectivity index is 1.38. The van der Waals surface area contributed by atoms with E-state index in [2.05, 4.69) is 5.32 Å². The van der Waals surface area contributed by atoms with Gasteiger partial charge in [0.05, 0.1) is 13.7 Å². The molecular weight excluding hydrogens is 358 g/mol. The van der Waals surface area contributed by atoms with Gasteiger partial charge in [0.2, 0.25) is 5.91 Å². The van der Waals surface area contributed by atoms with Crippen molar-refractivity contribution in [2.45, 2.75) is 0 Å². The van der Waals surface area contributed by atoms with Crippen LogP contribution in [0.3, 0.4) is 0 Å². The normalized spacial score (nSPS) is 14.4. The summed E-state index contributed by atoms with van der Waals surface area (Å²) in [6.07, 6.45) is 0. The van der Waals surface area contributed by atoms with E-state index in [1.54, 1.807) is 36.3 Å². The molecule has 2 amide bonds. The van der Waals surface area contributed by atoms with Gasteiger partial charge in [-0.1, -0.05) is 18.2 Å². The summed E-state index contributed by atoms with van der Waals surface area (Å²) < 4.78 is 10.7. The van der Waals surface area contributed by atoms with E-state index in [0.29, 0.717) is 38.5 Å². The molecule has 3 rings (SSSR count). The van der Waals surface area contributed by atoms with Crippen molar-refractivity contribution in [1.82, 2.24) is 9.80 Å². The second kappa shape index (κ2) is 9.75. The van der Waals surface area contributed by atoms with Gasteiger partial charge in [0.25, 0.3) is 5.91 Å². The maximum absolute atomic E-state index is 12.3. The van der Waals surface area contributed by atoms with Crippen molar-refractivity contribution in [2.75, 3.05) is 51.8 Å². The van der Waals surface area contributed by atoms with Crippen molar-refractivity contribution in [3.63, 3.8) is 0 Å². The summed E-state index contributed by atoms with van der Waals surface area (Å²) in [5.74, 6) is 1.27. The van der Waals surface area contributed by atoms with Crippen LogP contribution in [0.15, 0.2) is 54.6 Å². The minimum absolute atomic E-state index is 0.000816. The summed E-state index contributed by atoms with van der Waals surface area (Å²) in [5, 5.41) is 2.88. The molecule has 7 nitrogen and oxygen atoms in total. The van der Waals surface area contributed by atoms with Crippen LogP contribution in [-0.2, 0) is 9.59 Å². The number of carbonyl (C=O) groups excluding carboxylic acids is 2. The predicted octanol–water partition coefficient (Wildman–Crippen LogP) is 1.86. The highest BCUT2D eigenvalue weighted by atomic mass is 16.5. The van der Waals surface area contributed by atoms with Crippen LogP contribution in [0, 0.1) is 0 Å². The van der Waals surface area contributed by atoms with Gasteiger partial charge in [-0.05, 0) is 36.4 Å². The van der Waals surface area contributed by atoms with E-state index in [9.17, 15) is 9.59 Å². The zero-order chi connectivity index (χ0) is 19.8. The monoisotopic (exact) mass is 383 g/mol. The Morgan fingerprint density at radius 2 is 1.57 bits per heavy atom. The number of benzene rings is 2. The van der Waals surface area contributed by atoms with Crippen LogP contribution >= 0.6 is 0 Å². The first kappa shape index (κ1) is 19.7. The molecule has 1 N–H and O–H groups in total. The molecule has 1 fully saturated rings. The van der Waals surface area contributed by atoms with Crippen LogP contribution in [0.2, 0.25) is 0 Å². The van der Waals surface area contributed by atoms with Crippen LogP contribution in [-0.4, -0.2) is 68.1 Å². The molecule has 28 heavy (non-hydrogen) atoms. The number of anilines is 1. The lowest BCUT2D eigenvalue weighted by Crippen LogP contribution is -2.51. The van der Waals surface area contributed by atoms with Crippen LogP contribution in [0.4, 0.5) is 5.69 Å². The molecular formula is C21H25N3O4. The minimum Gasteiger partial charge on any atom is -0.497 e. The highest BCUT2D eigenvalue weighted by Gasteiger charge is 2.22. The molecule has 2 aromatic rings. The third kappa shape index (κ3) is 5.72. The summed E-state index contributed by atoms with van der Waals surface area (Å²) in [6, 6.07) is 16.5. The Bertz CT molecular complexity index is 772. The molecule has 1 aliphatic rings. The lowest BCUT2D eigenvalue weighted by Gasteiger charge is -2.34. The molecule has 0 radical (unpaired) electrons. The van der Waals surface area contributed by atoms with Gasteiger partial charge in [-0.2, -0.15) is 0 Å². The van der Waals surface area contributed by atoms with Crippen molar-refractivity contribution >= 4 is 17.5 Å². The Morgan fingerprint density at radius 1 is 0.929 bits per heavy atom. The second-order valence-electron chi connectivity index (χ2n) is 6.54. The van der Waals surface area contributed by atoms with Crippen LogP contribution in [0.25, 0.3) is 0 Å². The number of piperazine rings is 1. The van der Waals surface area contributed by atoms with Crippen molar-refractivity contribution in [1.29, 1.82) is 0 Å². The maximum atomic E-state index is 12.3. The third-order valence-corrected chi connectivity index (χ3v) is 4.57. The van der Waals surface area contributed by atoms with Gasteiger partial charge in [-0.3, -0.25) is 14.5 Å². The van der Waals surface area contributed by atoms with E-state index in [4.69, 9.17) is 9.47 Å². The maximum Gasteiger partial charge on any atom is 0.260 e. The Labute approximate surface area is 164 Å². The van der Waals surface area contributed by atoms with E-state index in [1.807, 2.05) is 35.2 Å². The number of rotatable bonds is 7. The summed E-state index contributed by atoms with van der Waals surface area (Å²) in [6.45, 7) is 2.82. The van der Waals surface area contributed by atoms with Gasteiger partial charge in [0.15, 0.2) is 6.61 Å². The number of nitrogens with zero attached hydrogens (tertiary/aromatic N) is 2. The topological polar surface area (TPSA) is 71.1 Å². The summed E-state index contributed by atoms with van der Waals surface area (Å²) >= 11 is 0. The van der Waals surface area contributed by atoms with Gasteiger partial charge in [-0.15, -0.1) is 0 Å². The molecule has 1 saturated heterocycles. The Hall–Kier alpha value is -3.06. The van der Waals surface area contributed by atoms with E-state index >= 15 is 0 Å². The summed E-state index contributed by atoms with van der Waals surface area (Å²) in [5.41, 5.74) is 0.789. The van der Waals surface area contributed by atoms with Crippen LogP contribution in [0.1, 0.15) is 0 Å². The van der Waals surface area contributed by atoms with Crippen LogP contribution < -0.4 is 14.8 Å². The molecule has 0 saturated carbocycles. The number of hydrogen-bond acceptors (Lipinski definition) is 5. The smallest absolute Gasteiger partial charge is 0.260 e. The highest BCUT2D eigenvalue weighted by Crippen LogP contribution is 2.17. The number of methoxy groups -OCH3 is 1. The number of para-hydroxylation sites is 1. The summed E-state index contributed by atoms with van der Waals surface area (Å²) in [4.78, 5) is 28.3. The third-order valence-electron chi connectivity index (χ3n) is 4.57. The number of carbonyl (C=O) groups is 2. The fraction of sp³-hybridized carbons (Fsp3) is 0.333. The number of nitrogens with one attached hydrogen (secondary N) is 1. The molecule has 0 spiro atoms. The lowest BCUT2D eigenvalue weighted by molar-refractivity contribution is -0.135. The Morgan fingerprint density at radius 3 is 2.21 bits per heavy atom. The molecule has 2 aromatic carbocycles. The van der Waals surface area contributed by atoms with Crippen molar-refractivity contribution in [3.05, 3.63) is 54.6 Å². The van der Waals surface area contributed by atoms with Gasteiger partial charge in [0, 0.05) is 31.9 Å². The average Bonchev–Trinajstić information content (AvgIpc) is 2.73. The quantitative estimate of drug-likeness (QED) is 0.790. The van der Waals surface area contributed by atoms with Crippen molar-refractivity contribution < 1.29 is 19.1 Å². The zero-order valence-corrected chi connectivity index (χ0v) is 16.0. The van der Waals surface area contributed by atoms with E-state index in [0.717, 1.165) is 11.4 Å². The molecule has 1 heterocycles. The molecule has 1 aliphatic heterocycles. The van der Waals surface area contributed by atoms with Gasteiger partial charge in [0.1, 0.15) is 11.5 Å². The fourth-order valence-corrected chi connectivity index (χ4v) is 2.99. The van der Waals surface area contributed by atoms with E-state index in [-0.39, 0.29) is 18.4 Å². The average molecular weight is 383 g/mol. The predicted molar refractivity (Wildman–Crippen MR) is 107 cm³/mol. The lowest BCUT2D eigenvalue weighted by atomic mass is 10.3. The van der Waals surface area contributed by atoms with Crippen molar-refractivity contribution in [2.24, 2.45) is 0 Å². The number of hydrogen-bond donors (Lipinski definition) is 1. The first-order chi connectivity index (χ1) is 13.6. The van der Waals surface area contributed by atoms with Gasteiger partial charge >= 0.3 is 0 Å². The molecule has 0 unspecified atom stereocenters. The first-order valence-electron chi connectivity index (χ1n) is 9.26. The van der Waals surface area contributed by atoms with Gasteiger partial charge < -0.3 is 19.7 Å². The molecule has 148 valence electrons. The molecule has 7 heteroatoms. The molecule has 0 atom stereocenters. The second-order valence-corrected chi connectivity index (χ2v) is 6.54. The largest absolute Gasteiger partial charge is 0.497 e. The number of ether oxygens (including phenoxy) is 2.